The summed E-state index contributed by atoms with van der Waals surface area (Å²) >= 11 is 1.22. The zero-order chi connectivity index (χ0) is 17.1. The topological polar surface area (TPSA) is 75.6 Å². The van der Waals surface area contributed by atoms with E-state index < -0.39 is 5.97 Å². The van der Waals surface area contributed by atoms with Gasteiger partial charge in [-0.05, 0) is 42.4 Å². The fourth-order valence-corrected chi connectivity index (χ4v) is 4.05. The highest BCUT2D eigenvalue weighted by molar-refractivity contribution is 7.15. The first-order valence-corrected chi connectivity index (χ1v) is 8.74. The number of amides is 1. The van der Waals surface area contributed by atoms with E-state index in [1.54, 1.807) is 5.38 Å². The molecule has 1 aromatic carbocycles. The van der Waals surface area contributed by atoms with E-state index >= 15 is 0 Å². The maximum absolute atomic E-state index is 11.7. The number of ether oxygens (including phenoxy) is 1. The van der Waals surface area contributed by atoms with Crippen molar-refractivity contribution in [3.05, 3.63) is 40.3 Å². The number of aryl methyl sites for hydroxylation is 2. The molecule has 24 heavy (non-hydrogen) atoms. The molecule has 1 amide bonds. The molecule has 0 saturated heterocycles. The summed E-state index contributed by atoms with van der Waals surface area (Å²) in [4.78, 5) is 23.4. The molecule has 126 valence electrons. The summed E-state index contributed by atoms with van der Waals surface area (Å²) in [5.74, 6) is -1.41. The Balaban J connectivity index is 1.97. The normalized spacial score (nSPS) is 13.4. The Kier molecular flexibility index (Phi) is 4.97. The smallest absolute Gasteiger partial charge is 0.339 e. The average Bonchev–Trinajstić information content (AvgIpc) is 2.98. The SMILES string of the molecule is COCC(=O)Nc1scc(-c2ccc3c(c2)CCCC3)c1C(=O)O. The number of benzene rings is 1. The van der Waals surface area contributed by atoms with Gasteiger partial charge in [0.05, 0.1) is 0 Å². The number of thiophene rings is 1. The number of carbonyl (C=O) groups is 2. The molecule has 0 aliphatic heterocycles. The van der Waals surface area contributed by atoms with Crippen LogP contribution in [0.25, 0.3) is 11.1 Å². The molecule has 1 heterocycles. The van der Waals surface area contributed by atoms with Gasteiger partial charge >= 0.3 is 5.97 Å². The monoisotopic (exact) mass is 345 g/mol. The number of carboxylic acid groups (broad SMARTS) is 1. The van der Waals surface area contributed by atoms with E-state index in [1.165, 1.54) is 42.4 Å². The maximum Gasteiger partial charge on any atom is 0.339 e. The number of anilines is 1. The Bertz CT molecular complexity index is 781. The van der Waals surface area contributed by atoms with E-state index in [4.69, 9.17) is 4.74 Å². The van der Waals surface area contributed by atoms with Gasteiger partial charge in [0.1, 0.15) is 17.2 Å². The molecule has 3 rings (SSSR count). The van der Waals surface area contributed by atoms with E-state index in [0.29, 0.717) is 10.6 Å². The van der Waals surface area contributed by atoms with Gasteiger partial charge in [-0.3, -0.25) is 4.79 Å². The number of aromatic carboxylic acids is 1. The third kappa shape index (κ3) is 3.34. The minimum Gasteiger partial charge on any atom is -0.478 e. The van der Waals surface area contributed by atoms with Gasteiger partial charge in [0.15, 0.2) is 0 Å². The standard InChI is InChI=1S/C18H19NO4S/c1-23-9-15(20)19-17-16(18(21)22)14(10-24-17)13-7-6-11-4-2-3-5-12(11)8-13/h6-8,10H,2-5,9H2,1H3,(H,19,20)(H,21,22). The number of methoxy groups -OCH3 is 1. The highest BCUT2D eigenvalue weighted by Gasteiger charge is 2.22. The Morgan fingerprint density at radius 1 is 1.25 bits per heavy atom. The van der Waals surface area contributed by atoms with Crippen LogP contribution in [0.4, 0.5) is 5.00 Å². The molecule has 5 nitrogen and oxygen atoms in total. The van der Waals surface area contributed by atoms with Crippen molar-refractivity contribution in [1.29, 1.82) is 0 Å². The van der Waals surface area contributed by atoms with Gasteiger partial charge in [-0.2, -0.15) is 0 Å². The second-order valence-electron chi connectivity index (χ2n) is 5.83. The quantitative estimate of drug-likeness (QED) is 0.868. The minimum atomic E-state index is -1.04. The first kappa shape index (κ1) is 16.7. The maximum atomic E-state index is 11.7. The van der Waals surface area contributed by atoms with Crippen molar-refractivity contribution in [1.82, 2.24) is 0 Å². The predicted molar refractivity (Wildman–Crippen MR) is 93.9 cm³/mol. The summed E-state index contributed by atoms with van der Waals surface area (Å²) in [6.45, 7) is -0.106. The van der Waals surface area contributed by atoms with Gasteiger partial charge in [0, 0.05) is 18.1 Å². The number of fused-ring (bicyclic) bond motifs is 1. The molecule has 0 radical (unpaired) electrons. The van der Waals surface area contributed by atoms with E-state index in [1.807, 2.05) is 6.07 Å². The van der Waals surface area contributed by atoms with Crippen molar-refractivity contribution in [3.63, 3.8) is 0 Å². The lowest BCUT2D eigenvalue weighted by Gasteiger charge is -2.16. The zero-order valence-corrected chi connectivity index (χ0v) is 14.2. The number of hydrogen-bond acceptors (Lipinski definition) is 4. The third-order valence-electron chi connectivity index (χ3n) is 4.19. The Morgan fingerprint density at radius 3 is 2.71 bits per heavy atom. The van der Waals surface area contributed by atoms with Crippen molar-refractivity contribution in [3.8, 4) is 11.1 Å². The molecule has 2 N–H and O–H groups in total. The summed E-state index contributed by atoms with van der Waals surface area (Å²) in [7, 11) is 1.42. The molecule has 1 aliphatic rings. The van der Waals surface area contributed by atoms with E-state index in [0.717, 1.165) is 18.4 Å². The fraction of sp³-hybridized carbons (Fsp3) is 0.333. The lowest BCUT2D eigenvalue weighted by Crippen LogP contribution is -2.18. The number of hydrogen-bond donors (Lipinski definition) is 2. The van der Waals surface area contributed by atoms with Gasteiger partial charge in [0.2, 0.25) is 0 Å². The van der Waals surface area contributed by atoms with E-state index in [9.17, 15) is 14.7 Å². The first-order chi connectivity index (χ1) is 11.6. The Morgan fingerprint density at radius 2 is 2.00 bits per heavy atom. The minimum absolute atomic E-state index is 0.106. The Hall–Kier alpha value is -2.18. The first-order valence-electron chi connectivity index (χ1n) is 7.86. The van der Waals surface area contributed by atoms with Crippen LogP contribution in [-0.4, -0.2) is 30.7 Å². The van der Waals surface area contributed by atoms with Crippen molar-refractivity contribution >= 4 is 28.2 Å². The highest BCUT2D eigenvalue weighted by atomic mass is 32.1. The predicted octanol–water partition coefficient (Wildman–Crippen LogP) is 3.58. The van der Waals surface area contributed by atoms with E-state index in [2.05, 4.69) is 17.4 Å². The molecule has 0 fully saturated rings. The van der Waals surface area contributed by atoms with Crippen LogP contribution in [0, 0.1) is 0 Å². The molecule has 0 unspecified atom stereocenters. The highest BCUT2D eigenvalue weighted by Crippen LogP contribution is 2.37. The second kappa shape index (κ2) is 7.15. The molecule has 0 bridgehead atoms. The molecular formula is C18H19NO4S. The third-order valence-corrected chi connectivity index (χ3v) is 5.09. The summed E-state index contributed by atoms with van der Waals surface area (Å²) in [6.07, 6.45) is 4.50. The van der Waals surface area contributed by atoms with E-state index in [-0.39, 0.29) is 18.1 Å². The van der Waals surface area contributed by atoms with Crippen LogP contribution in [0.2, 0.25) is 0 Å². The Labute approximate surface area is 144 Å². The molecule has 0 saturated carbocycles. The lowest BCUT2D eigenvalue weighted by atomic mass is 9.89. The van der Waals surface area contributed by atoms with Crippen LogP contribution >= 0.6 is 11.3 Å². The summed E-state index contributed by atoms with van der Waals surface area (Å²) in [5.41, 5.74) is 4.32. The van der Waals surface area contributed by atoms with Gasteiger partial charge in [-0.1, -0.05) is 18.2 Å². The van der Waals surface area contributed by atoms with Gasteiger partial charge in [-0.15, -0.1) is 11.3 Å². The van der Waals surface area contributed by atoms with Gasteiger partial charge in [0.25, 0.3) is 5.91 Å². The number of carbonyl (C=O) groups excluding carboxylic acids is 1. The largest absolute Gasteiger partial charge is 0.478 e. The molecular weight excluding hydrogens is 326 g/mol. The molecule has 1 aromatic heterocycles. The molecule has 2 aromatic rings. The second-order valence-corrected chi connectivity index (χ2v) is 6.71. The van der Waals surface area contributed by atoms with Crippen LogP contribution in [0.5, 0.6) is 0 Å². The molecule has 0 spiro atoms. The number of nitrogens with one attached hydrogen (secondary N) is 1. The van der Waals surface area contributed by atoms with Crippen LogP contribution < -0.4 is 5.32 Å². The van der Waals surface area contributed by atoms with Crippen molar-refractivity contribution in [2.24, 2.45) is 0 Å². The van der Waals surface area contributed by atoms with Gasteiger partial charge < -0.3 is 15.2 Å². The summed E-state index contributed by atoms with van der Waals surface area (Å²) < 4.78 is 4.78. The van der Waals surface area contributed by atoms with Crippen LogP contribution in [0.15, 0.2) is 23.6 Å². The van der Waals surface area contributed by atoms with Gasteiger partial charge in [-0.25, -0.2) is 4.79 Å². The van der Waals surface area contributed by atoms with Crippen LogP contribution in [-0.2, 0) is 22.4 Å². The average molecular weight is 345 g/mol. The van der Waals surface area contributed by atoms with Crippen molar-refractivity contribution in [2.45, 2.75) is 25.7 Å². The zero-order valence-electron chi connectivity index (χ0n) is 13.4. The number of carboxylic acids is 1. The van der Waals surface area contributed by atoms with Crippen molar-refractivity contribution < 1.29 is 19.4 Å². The summed E-state index contributed by atoms with van der Waals surface area (Å²) in [5, 5.41) is 14.4. The molecule has 1 aliphatic carbocycles. The lowest BCUT2D eigenvalue weighted by molar-refractivity contribution is -0.119. The van der Waals surface area contributed by atoms with Crippen LogP contribution in [0.3, 0.4) is 0 Å². The molecule has 6 heteroatoms. The number of rotatable bonds is 5. The molecule has 0 atom stereocenters. The summed E-state index contributed by atoms with van der Waals surface area (Å²) in [6, 6.07) is 6.15. The fourth-order valence-electron chi connectivity index (χ4n) is 3.07. The van der Waals surface area contributed by atoms with Crippen LogP contribution in [0.1, 0.15) is 34.3 Å². The van der Waals surface area contributed by atoms with Crippen molar-refractivity contribution in [2.75, 3.05) is 19.0 Å².